The van der Waals surface area contributed by atoms with E-state index in [1.807, 2.05) is 30.3 Å². The van der Waals surface area contributed by atoms with Gasteiger partial charge in [-0.15, -0.1) is 11.8 Å². The maximum Gasteiger partial charge on any atom is 0.333 e. The average Bonchev–Trinajstić information content (AvgIpc) is 3.11. The van der Waals surface area contributed by atoms with Gasteiger partial charge in [0, 0.05) is 10.8 Å². The molecule has 2 aliphatic rings. The molecule has 0 radical (unpaired) electrons. The highest BCUT2D eigenvalue weighted by atomic mass is 35.5. The van der Waals surface area contributed by atoms with E-state index in [4.69, 9.17) is 11.6 Å². The quantitative estimate of drug-likeness (QED) is 0.775. The Morgan fingerprint density at radius 1 is 1.00 bits per heavy atom. The van der Waals surface area contributed by atoms with Crippen molar-refractivity contribution in [2.24, 2.45) is 0 Å². The largest absolute Gasteiger partial charge is 0.333 e. The van der Waals surface area contributed by atoms with Gasteiger partial charge in [-0.2, -0.15) is 0 Å². The van der Waals surface area contributed by atoms with Crippen LogP contribution in [-0.4, -0.2) is 28.6 Å². The normalized spacial score (nSPS) is 23.5. The fraction of sp³-hybridized carbons (Fsp3) is 0.176. The maximum absolute atomic E-state index is 12.9. The molecule has 0 aliphatic carbocycles. The van der Waals surface area contributed by atoms with E-state index in [0.29, 0.717) is 16.5 Å². The van der Waals surface area contributed by atoms with Crippen LogP contribution in [-0.2, 0) is 4.79 Å². The first-order chi connectivity index (χ1) is 11.2. The second-order valence-electron chi connectivity index (χ2n) is 5.45. The zero-order valence-corrected chi connectivity index (χ0v) is 13.6. The number of hydrogen-bond donors (Lipinski definition) is 0. The van der Waals surface area contributed by atoms with Gasteiger partial charge in [0.1, 0.15) is 11.4 Å². The summed E-state index contributed by atoms with van der Waals surface area (Å²) in [6.07, 6.45) is 0. The molecule has 6 heteroatoms. The van der Waals surface area contributed by atoms with E-state index in [2.05, 4.69) is 0 Å². The molecular formula is C17H13ClN2O2S. The number of anilines is 1. The molecule has 2 saturated heterocycles. The Balaban J connectivity index is 1.69. The minimum absolute atomic E-state index is 0.116. The number of halogens is 1. The number of thioether (sulfide) groups is 1. The lowest BCUT2D eigenvalue weighted by atomic mass is 10.2. The number of amides is 3. The number of benzene rings is 2. The Labute approximate surface area is 143 Å². The highest BCUT2D eigenvalue weighted by Crippen LogP contribution is 2.45. The van der Waals surface area contributed by atoms with Crippen molar-refractivity contribution < 1.29 is 9.59 Å². The summed E-state index contributed by atoms with van der Waals surface area (Å²) in [5.74, 6) is 0.456. The van der Waals surface area contributed by atoms with Crippen LogP contribution < -0.4 is 4.90 Å². The van der Waals surface area contributed by atoms with Gasteiger partial charge in [0.2, 0.25) is 0 Å². The van der Waals surface area contributed by atoms with Crippen molar-refractivity contribution in [2.75, 3.05) is 10.7 Å². The van der Waals surface area contributed by atoms with Gasteiger partial charge in [0.25, 0.3) is 5.91 Å². The molecule has 0 bridgehead atoms. The Bertz CT molecular complexity index is 766. The van der Waals surface area contributed by atoms with Crippen LogP contribution >= 0.6 is 23.4 Å². The molecule has 3 amide bonds. The zero-order valence-electron chi connectivity index (χ0n) is 12.1. The smallest absolute Gasteiger partial charge is 0.295 e. The van der Waals surface area contributed by atoms with Gasteiger partial charge in [-0.3, -0.25) is 9.69 Å². The van der Waals surface area contributed by atoms with E-state index in [1.54, 1.807) is 40.9 Å². The predicted molar refractivity (Wildman–Crippen MR) is 91.6 cm³/mol. The van der Waals surface area contributed by atoms with Gasteiger partial charge < -0.3 is 0 Å². The molecule has 2 heterocycles. The number of hydrogen-bond acceptors (Lipinski definition) is 3. The van der Waals surface area contributed by atoms with Crippen LogP contribution in [0.3, 0.4) is 0 Å². The summed E-state index contributed by atoms with van der Waals surface area (Å²) in [5.41, 5.74) is 1.61. The van der Waals surface area contributed by atoms with E-state index in [0.717, 1.165) is 5.56 Å². The molecule has 116 valence electrons. The lowest BCUT2D eigenvalue weighted by Gasteiger charge is -2.23. The SMILES string of the molecule is O=C1[C@@H]2CSC(c3ccccc3)N2C(=O)N1c1ccc(Cl)cc1. The van der Waals surface area contributed by atoms with Gasteiger partial charge in [-0.25, -0.2) is 9.69 Å². The van der Waals surface area contributed by atoms with Crippen molar-refractivity contribution in [3.05, 3.63) is 65.2 Å². The van der Waals surface area contributed by atoms with Crippen LogP contribution in [0.25, 0.3) is 0 Å². The summed E-state index contributed by atoms with van der Waals surface area (Å²) in [7, 11) is 0. The zero-order chi connectivity index (χ0) is 16.0. The topological polar surface area (TPSA) is 40.6 Å². The molecule has 2 aromatic carbocycles. The summed E-state index contributed by atoms with van der Waals surface area (Å²) < 4.78 is 0. The first-order valence-corrected chi connectivity index (χ1v) is 8.68. The summed E-state index contributed by atoms with van der Waals surface area (Å²) in [4.78, 5) is 28.5. The number of urea groups is 1. The minimum Gasteiger partial charge on any atom is -0.295 e. The summed E-state index contributed by atoms with van der Waals surface area (Å²) in [5, 5.41) is 0.459. The fourth-order valence-corrected chi connectivity index (χ4v) is 4.53. The highest BCUT2D eigenvalue weighted by molar-refractivity contribution is 7.99. The van der Waals surface area contributed by atoms with E-state index < -0.39 is 6.04 Å². The standard InChI is InChI=1S/C17H13ClN2O2S/c18-12-6-8-13(9-7-12)19-15(21)14-10-23-16(20(14)17(19)22)11-4-2-1-3-5-11/h1-9,14,16H,10H2/t14-,16?/m0/s1. The second kappa shape index (κ2) is 5.58. The van der Waals surface area contributed by atoms with Gasteiger partial charge in [0.15, 0.2) is 0 Å². The van der Waals surface area contributed by atoms with Crippen molar-refractivity contribution in [3.8, 4) is 0 Å². The molecule has 1 unspecified atom stereocenters. The molecule has 0 N–H and O–H groups in total. The monoisotopic (exact) mass is 344 g/mol. The van der Waals surface area contributed by atoms with E-state index in [-0.39, 0.29) is 17.3 Å². The molecule has 0 saturated carbocycles. The summed E-state index contributed by atoms with van der Waals surface area (Å²) >= 11 is 7.52. The van der Waals surface area contributed by atoms with Gasteiger partial charge in [-0.05, 0) is 29.8 Å². The molecule has 4 nitrogen and oxygen atoms in total. The molecule has 4 rings (SSSR count). The van der Waals surface area contributed by atoms with Crippen LogP contribution in [0.1, 0.15) is 10.9 Å². The van der Waals surface area contributed by atoms with Crippen molar-refractivity contribution in [2.45, 2.75) is 11.4 Å². The third kappa shape index (κ3) is 2.31. The van der Waals surface area contributed by atoms with E-state index in [1.165, 1.54) is 4.90 Å². The van der Waals surface area contributed by atoms with Crippen LogP contribution in [0.4, 0.5) is 10.5 Å². The number of carbonyl (C=O) groups is 2. The van der Waals surface area contributed by atoms with E-state index in [9.17, 15) is 9.59 Å². The highest BCUT2D eigenvalue weighted by Gasteiger charge is 2.53. The molecule has 2 fully saturated rings. The van der Waals surface area contributed by atoms with Gasteiger partial charge in [0.05, 0.1) is 5.69 Å². The Kier molecular flexibility index (Phi) is 3.54. The lowest BCUT2D eigenvalue weighted by molar-refractivity contribution is -0.119. The van der Waals surface area contributed by atoms with Crippen LogP contribution in [0.5, 0.6) is 0 Å². The Morgan fingerprint density at radius 3 is 2.39 bits per heavy atom. The van der Waals surface area contributed by atoms with Crippen LogP contribution in [0.15, 0.2) is 54.6 Å². The van der Waals surface area contributed by atoms with Crippen LogP contribution in [0, 0.1) is 0 Å². The van der Waals surface area contributed by atoms with Gasteiger partial charge >= 0.3 is 6.03 Å². The van der Waals surface area contributed by atoms with Crippen molar-refractivity contribution >= 4 is 41.0 Å². The van der Waals surface area contributed by atoms with Crippen molar-refractivity contribution in [3.63, 3.8) is 0 Å². The Hall–Kier alpha value is -1.98. The minimum atomic E-state index is -0.395. The number of imide groups is 1. The molecule has 2 aliphatic heterocycles. The first-order valence-electron chi connectivity index (χ1n) is 7.25. The van der Waals surface area contributed by atoms with Crippen molar-refractivity contribution in [1.82, 2.24) is 4.90 Å². The molecular weight excluding hydrogens is 332 g/mol. The third-order valence-electron chi connectivity index (χ3n) is 4.09. The fourth-order valence-electron chi connectivity index (χ4n) is 2.99. The molecule has 23 heavy (non-hydrogen) atoms. The number of fused-ring (bicyclic) bond motifs is 1. The molecule has 2 atom stereocenters. The molecule has 2 aromatic rings. The third-order valence-corrected chi connectivity index (χ3v) is 5.66. The number of rotatable bonds is 2. The summed E-state index contributed by atoms with van der Waals surface area (Å²) in [6.45, 7) is 0. The van der Waals surface area contributed by atoms with E-state index >= 15 is 0 Å². The number of carbonyl (C=O) groups excluding carboxylic acids is 2. The predicted octanol–water partition coefficient (Wildman–Crippen LogP) is 3.92. The second-order valence-corrected chi connectivity index (χ2v) is 7.00. The Morgan fingerprint density at radius 2 is 1.70 bits per heavy atom. The molecule has 0 spiro atoms. The number of nitrogens with zero attached hydrogens (tertiary/aromatic N) is 2. The van der Waals surface area contributed by atoms with Crippen molar-refractivity contribution in [1.29, 1.82) is 0 Å². The maximum atomic E-state index is 12.9. The van der Waals surface area contributed by atoms with Crippen LogP contribution in [0.2, 0.25) is 5.02 Å². The molecule has 0 aromatic heterocycles. The summed E-state index contributed by atoms with van der Waals surface area (Å²) in [6, 6.07) is 15.9. The lowest BCUT2D eigenvalue weighted by Crippen LogP contribution is -2.33. The first kappa shape index (κ1) is 14.6. The van der Waals surface area contributed by atoms with Gasteiger partial charge in [-0.1, -0.05) is 41.9 Å². The average molecular weight is 345 g/mol.